The number of urea groups is 2. The van der Waals surface area contributed by atoms with E-state index in [2.05, 4.69) is 10.6 Å². The Bertz CT molecular complexity index is 407. The predicted molar refractivity (Wildman–Crippen MR) is 62.8 cm³/mol. The van der Waals surface area contributed by atoms with Crippen LogP contribution in [0.1, 0.15) is 11.0 Å². The van der Waals surface area contributed by atoms with E-state index in [-0.39, 0.29) is 6.54 Å². The molecule has 1 aromatic rings. The van der Waals surface area contributed by atoms with Gasteiger partial charge in [0, 0.05) is 18.0 Å². The number of carbonyl (C=O) groups excluding carboxylic acids is 2. The summed E-state index contributed by atoms with van der Waals surface area (Å²) in [7, 11) is 0. The molecule has 7 heteroatoms. The summed E-state index contributed by atoms with van der Waals surface area (Å²) in [6.07, 6.45) is -0.732. The van der Waals surface area contributed by atoms with Crippen LogP contribution in [0.5, 0.6) is 0 Å². The number of amides is 4. The molecule has 2 heterocycles. The molecule has 1 aromatic heterocycles. The van der Waals surface area contributed by atoms with Crippen LogP contribution in [0.2, 0.25) is 0 Å². The molecule has 6 nitrogen and oxygen atoms in total. The third kappa shape index (κ3) is 2.75. The molecule has 1 atom stereocenters. The highest BCUT2D eigenvalue weighted by molar-refractivity contribution is 7.10. The van der Waals surface area contributed by atoms with Gasteiger partial charge in [0.1, 0.15) is 6.10 Å². The van der Waals surface area contributed by atoms with Gasteiger partial charge in [-0.15, -0.1) is 11.3 Å². The van der Waals surface area contributed by atoms with Gasteiger partial charge < -0.3 is 15.7 Å². The van der Waals surface area contributed by atoms with Crippen molar-refractivity contribution in [2.75, 3.05) is 19.6 Å². The molecule has 0 bridgehead atoms. The van der Waals surface area contributed by atoms with Gasteiger partial charge in [-0.05, 0) is 11.4 Å². The molecule has 0 aliphatic carbocycles. The number of nitrogens with zero attached hydrogens (tertiary/aromatic N) is 1. The van der Waals surface area contributed by atoms with Crippen LogP contribution in [-0.4, -0.2) is 41.7 Å². The molecule has 2 rings (SSSR count). The quantitative estimate of drug-likeness (QED) is 0.736. The lowest BCUT2D eigenvalue weighted by atomic mass is 10.3. The van der Waals surface area contributed by atoms with E-state index >= 15 is 0 Å². The van der Waals surface area contributed by atoms with E-state index < -0.39 is 18.2 Å². The third-order valence-electron chi connectivity index (χ3n) is 2.42. The first kappa shape index (κ1) is 11.9. The summed E-state index contributed by atoms with van der Waals surface area (Å²) in [5.41, 5.74) is 0. The number of imide groups is 1. The Balaban J connectivity index is 1.82. The fraction of sp³-hybridized carbons (Fsp3) is 0.400. The van der Waals surface area contributed by atoms with Crippen molar-refractivity contribution < 1.29 is 14.7 Å². The van der Waals surface area contributed by atoms with Gasteiger partial charge in [-0.25, -0.2) is 14.5 Å². The lowest BCUT2D eigenvalue weighted by molar-refractivity contribution is 0.168. The molecule has 4 amide bonds. The van der Waals surface area contributed by atoms with Gasteiger partial charge in [0.15, 0.2) is 0 Å². The molecule has 0 unspecified atom stereocenters. The Morgan fingerprint density at radius 3 is 3.12 bits per heavy atom. The molecule has 0 spiro atoms. The van der Waals surface area contributed by atoms with Crippen LogP contribution in [-0.2, 0) is 0 Å². The van der Waals surface area contributed by atoms with Gasteiger partial charge in [-0.1, -0.05) is 6.07 Å². The SMILES string of the molecule is O=C1NCCN1C(=O)NC[C@@H](O)c1cccs1. The lowest BCUT2D eigenvalue weighted by Gasteiger charge is -2.15. The molecule has 0 saturated carbocycles. The average Bonchev–Trinajstić information content (AvgIpc) is 2.95. The Kier molecular flexibility index (Phi) is 3.60. The maximum absolute atomic E-state index is 11.6. The zero-order chi connectivity index (χ0) is 12.3. The summed E-state index contributed by atoms with van der Waals surface area (Å²) in [5, 5.41) is 16.7. The van der Waals surface area contributed by atoms with E-state index in [0.29, 0.717) is 13.1 Å². The van der Waals surface area contributed by atoms with Crippen LogP contribution in [0.25, 0.3) is 0 Å². The van der Waals surface area contributed by atoms with Crippen molar-refractivity contribution in [1.82, 2.24) is 15.5 Å². The fourth-order valence-corrected chi connectivity index (χ4v) is 2.24. The molecule has 0 aromatic carbocycles. The molecule has 1 aliphatic heterocycles. The number of rotatable bonds is 3. The normalized spacial score (nSPS) is 16.8. The number of nitrogens with one attached hydrogen (secondary N) is 2. The van der Waals surface area contributed by atoms with E-state index in [9.17, 15) is 14.7 Å². The minimum Gasteiger partial charge on any atom is -0.386 e. The topological polar surface area (TPSA) is 81.7 Å². The zero-order valence-corrected chi connectivity index (χ0v) is 9.87. The van der Waals surface area contributed by atoms with Crippen molar-refractivity contribution in [2.24, 2.45) is 0 Å². The van der Waals surface area contributed by atoms with E-state index in [1.165, 1.54) is 11.3 Å². The summed E-state index contributed by atoms with van der Waals surface area (Å²) in [4.78, 5) is 24.6. The van der Waals surface area contributed by atoms with Crippen LogP contribution in [0.4, 0.5) is 9.59 Å². The van der Waals surface area contributed by atoms with Crippen LogP contribution < -0.4 is 10.6 Å². The smallest absolute Gasteiger partial charge is 0.325 e. The maximum Gasteiger partial charge on any atom is 0.325 e. The number of thiophene rings is 1. The lowest BCUT2D eigenvalue weighted by Crippen LogP contribution is -2.43. The third-order valence-corrected chi connectivity index (χ3v) is 3.39. The summed E-state index contributed by atoms with van der Waals surface area (Å²) in [6, 6.07) is 2.76. The van der Waals surface area contributed by atoms with Crippen LogP contribution in [0.3, 0.4) is 0 Å². The molecule has 3 N–H and O–H groups in total. The van der Waals surface area contributed by atoms with Crippen molar-refractivity contribution in [3.8, 4) is 0 Å². The highest BCUT2D eigenvalue weighted by Crippen LogP contribution is 2.17. The minimum absolute atomic E-state index is 0.100. The van der Waals surface area contributed by atoms with E-state index in [0.717, 1.165) is 9.78 Å². The van der Waals surface area contributed by atoms with Crippen molar-refractivity contribution in [2.45, 2.75) is 6.10 Å². The van der Waals surface area contributed by atoms with Crippen LogP contribution >= 0.6 is 11.3 Å². The Labute approximate surface area is 102 Å². The second-order valence-corrected chi connectivity index (χ2v) is 4.58. The molecule has 0 radical (unpaired) electrons. The highest BCUT2D eigenvalue weighted by Gasteiger charge is 2.26. The Hall–Kier alpha value is -1.60. The first-order valence-electron chi connectivity index (χ1n) is 5.23. The highest BCUT2D eigenvalue weighted by atomic mass is 32.1. The second kappa shape index (κ2) is 5.15. The Morgan fingerprint density at radius 2 is 2.53 bits per heavy atom. The number of hydrogen-bond acceptors (Lipinski definition) is 4. The van der Waals surface area contributed by atoms with Crippen LogP contribution in [0.15, 0.2) is 17.5 Å². The van der Waals surface area contributed by atoms with Crippen molar-refractivity contribution in [1.29, 1.82) is 0 Å². The molecule has 1 saturated heterocycles. The number of carbonyl (C=O) groups is 2. The second-order valence-electron chi connectivity index (χ2n) is 3.60. The van der Waals surface area contributed by atoms with Gasteiger partial charge in [0.2, 0.25) is 0 Å². The zero-order valence-electron chi connectivity index (χ0n) is 9.05. The first-order chi connectivity index (χ1) is 8.18. The van der Waals surface area contributed by atoms with Gasteiger partial charge in [-0.3, -0.25) is 0 Å². The van der Waals surface area contributed by atoms with E-state index in [4.69, 9.17) is 0 Å². The average molecular weight is 255 g/mol. The molecule has 92 valence electrons. The van der Waals surface area contributed by atoms with Crippen molar-refractivity contribution in [3.63, 3.8) is 0 Å². The fourth-order valence-electron chi connectivity index (χ4n) is 1.53. The number of hydrogen-bond donors (Lipinski definition) is 3. The number of aliphatic hydroxyl groups excluding tert-OH is 1. The summed E-state index contributed by atoms with van der Waals surface area (Å²) < 4.78 is 0. The van der Waals surface area contributed by atoms with E-state index in [1.54, 1.807) is 6.07 Å². The van der Waals surface area contributed by atoms with Crippen molar-refractivity contribution in [3.05, 3.63) is 22.4 Å². The molecule has 1 fully saturated rings. The predicted octanol–water partition coefficient (Wildman–Crippen LogP) is 0.516. The largest absolute Gasteiger partial charge is 0.386 e. The summed E-state index contributed by atoms with van der Waals surface area (Å²) in [6.45, 7) is 0.933. The minimum atomic E-state index is -0.732. The Morgan fingerprint density at radius 1 is 1.71 bits per heavy atom. The first-order valence-corrected chi connectivity index (χ1v) is 6.11. The molecule has 17 heavy (non-hydrogen) atoms. The van der Waals surface area contributed by atoms with E-state index in [1.807, 2.05) is 11.4 Å². The standard InChI is InChI=1S/C10H13N3O3S/c14-7(8-2-1-5-17-8)6-12-10(16)13-4-3-11-9(13)15/h1-2,5,7,14H,3-4,6H2,(H,11,15)(H,12,16)/t7-/m1/s1. The molecular formula is C10H13N3O3S. The molecule has 1 aliphatic rings. The molecular weight excluding hydrogens is 242 g/mol. The van der Waals surface area contributed by atoms with Gasteiger partial charge in [0.05, 0.1) is 6.54 Å². The van der Waals surface area contributed by atoms with Gasteiger partial charge in [-0.2, -0.15) is 0 Å². The van der Waals surface area contributed by atoms with Crippen molar-refractivity contribution >= 4 is 23.4 Å². The van der Waals surface area contributed by atoms with Crippen LogP contribution in [0, 0.1) is 0 Å². The van der Waals surface area contributed by atoms with Gasteiger partial charge >= 0.3 is 12.1 Å². The maximum atomic E-state index is 11.6. The summed E-state index contributed by atoms with van der Waals surface area (Å²) in [5.74, 6) is 0. The monoisotopic (exact) mass is 255 g/mol. The van der Waals surface area contributed by atoms with Gasteiger partial charge in [0.25, 0.3) is 0 Å². The summed E-state index contributed by atoms with van der Waals surface area (Å²) >= 11 is 1.42. The number of aliphatic hydroxyl groups is 1.